The van der Waals surface area contributed by atoms with E-state index in [0.29, 0.717) is 10.7 Å². The molecular weight excluding hydrogens is 338 g/mol. The van der Waals surface area contributed by atoms with Gasteiger partial charge < -0.3 is 14.7 Å². The first-order chi connectivity index (χ1) is 12.2. The van der Waals surface area contributed by atoms with Crippen LogP contribution in [0.5, 0.6) is 0 Å². The average Bonchev–Trinajstić information content (AvgIpc) is 3.07. The van der Waals surface area contributed by atoms with Crippen molar-refractivity contribution in [2.24, 2.45) is 0 Å². The van der Waals surface area contributed by atoms with Gasteiger partial charge >= 0.3 is 0 Å². The van der Waals surface area contributed by atoms with E-state index in [1.165, 1.54) is 6.33 Å². The van der Waals surface area contributed by atoms with Crippen molar-refractivity contribution >= 4 is 28.5 Å². The summed E-state index contributed by atoms with van der Waals surface area (Å²) >= 11 is 5.97. The summed E-state index contributed by atoms with van der Waals surface area (Å²) in [5, 5.41) is 9.05. The van der Waals surface area contributed by atoms with E-state index in [2.05, 4.69) is 39.2 Å². The molecule has 0 saturated heterocycles. The number of benzene rings is 1. The standard InChI is InChI=1S/C18H22ClN5O/c1-3-24(4-2)11-5-10-20-17-15-16(13-6-8-14(19)9-7-13)23-25-18(15)22-12-21-17/h6-9,12H,3-5,10-11H2,1-2H3,(H,20,21,22). The molecule has 0 aliphatic heterocycles. The van der Waals surface area contributed by atoms with E-state index in [0.717, 1.165) is 55.1 Å². The average molecular weight is 360 g/mol. The Morgan fingerprint density at radius 2 is 1.88 bits per heavy atom. The van der Waals surface area contributed by atoms with Crippen molar-refractivity contribution in [2.75, 3.05) is 31.5 Å². The van der Waals surface area contributed by atoms with Crippen LogP contribution in [0.1, 0.15) is 20.3 Å². The van der Waals surface area contributed by atoms with Crippen LogP contribution in [0.15, 0.2) is 35.1 Å². The molecule has 1 aromatic carbocycles. The Morgan fingerprint density at radius 3 is 2.60 bits per heavy atom. The third-order valence-electron chi connectivity index (χ3n) is 4.23. The first-order valence-corrected chi connectivity index (χ1v) is 8.93. The van der Waals surface area contributed by atoms with Crippen LogP contribution in [-0.2, 0) is 0 Å². The molecule has 0 spiro atoms. The molecule has 25 heavy (non-hydrogen) atoms. The topological polar surface area (TPSA) is 67.1 Å². The minimum Gasteiger partial charge on any atom is -0.369 e. The largest absolute Gasteiger partial charge is 0.369 e. The van der Waals surface area contributed by atoms with E-state index in [1.54, 1.807) is 0 Å². The molecule has 0 aliphatic rings. The molecule has 1 N–H and O–H groups in total. The SMILES string of the molecule is CCN(CC)CCCNc1ncnc2onc(-c3ccc(Cl)cc3)c12. The van der Waals surface area contributed by atoms with Crippen LogP contribution in [0, 0.1) is 0 Å². The summed E-state index contributed by atoms with van der Waals surface area (Å²) in [4.78, 5) is 11.0. The Hall–Kier alpha value is -2.18. The highest BCUT2D eigenvalue weighted by atomic mass is 35.5. The van der Waals surface area contributed by atoms with Crippen LogP contribution in [0.25, 0.3) is 22.4 Å². The van der Waals surface area contributed by atoms with Crippen molar-refractivity contribution in [3.05, 3.63) is 35.6 Å². The maximum absolute atomic E-state index is 5.97. The lowest BCUT2D eigenvalue weighted by molar-refractivity contribution is 0.303. The number of nitrogens with zero attached hydrogens (tertiary/aromatic N) is 4. The molecule has 0 fully saturated rings. The Balaban J connectivity index is 1.79. The second-order valence-electron chi connectivity index (χ2n) is 5.75. The van der Waals surface area contributed by atoms with Crippen molar-refractivity contribution in [1.82, 2.24) is 20.0 Å². The first-order valence-electron chi connectivity index (χ1n) is 8.55. The molecule has 7 heteroatoms. The quantitative estimate of drug-likeness (QED) is 0.611. The van der Waals surface area contributed by atoms with Crippen molar-refractivity contribution in [3.63, 3.8) is 0 Å². The lowest BCUT2D eigenvalue weighted by atomic mass is 10.1. The van der Waals surface area contributed by atoms with Gasteiger partial charge in [-0.05, 0) is 38.2 Å². The van der Waals surface area contributed by atoms with E-state index in [9.17, 15) is 0 Å². The number of rotatable bonds is 8. The summed E-state index contributed by atoms with van der Waals surface area (Å²) in [6, 6.07) is 7.49. The van der Waals surface area contributed by atoms with E-state index >= 15 is 0 Å². The number of fused-ring (bicyclic) bond motifs is 1. The van der Waals surface area contributed by atoms with Gasteiger partial charge in [0, 0.05) is 17.1 Å². The molecule has 0 unspecified atom stereocenters. The number of hydrogen-bond acceptors (Lipinski definition) is 6. The molecule has 3 aromatic rings. The molecular formula is C18H22ClN5O. The molecule has 0 atom stereocenters. The normalized spacial score (nSPS) is 11.4. The Kier molecular flexibility index (Phi) is 5.83. The second kappa shape index (κ2) is 8.27. The highest BCUT2D eigenvalue weighted by molar-refractivity contribution is 6.30. The summed E-state index contributed by atoms with van der Waals surface area (Å²) in [6.45, 7) is 8.39. The van der Waals surface area contributed by atoms with Gasteiger partial charge in [-0.3, -0.25) is 0 Å². The highest BCUT2D eigenvalue weighted by Gasteiger charge is 2.16. The lowest BCUT2D eigenvalue weighted by Gasteiger charge is -2.17. The monoisotopic (exact) mass is 359 g/mol. The Bertz CT molecular complexity index is 814. The van der Waals surface area contributed by atoms with Crippen LogP contribution in [0.3, 0.4) is 0 Å². The second-order valence-corrected chi connectivity index (χ2v) is 6.18. The fourth-order valence-corrected chi connectivity index (χ4v) is 2.90. The Morgan fingerprint density at radius 1 is 1.12 bits per heavy atom. The van der Waals surface area contributed by atoms with Gasteiger partial charge in [-0.2, -0.15) is 4.98 Å². The smallest absolute Gasteiger partial charge is 0.263 e. The van der Waals surface area contributed by atoms with Gasteiger partial charge in [-0.25, -0.2) is 4.98 Å². The summed E-state index contributed by atoms with van der Waals surface area (Å²) in [7, 11) is 0. The molecule has 0 bridgehead atoms. The molecule has 2 heterocycles. The van der Waals surface area contributed by atoms with Gasteiger partial charge in [0.05, 0.1) is 0 Å². The molecule has 0 saturated carbocycles. The highest BCUT2D eigenvalue weighted by Crippen LogP contribution is 2.31. The first kappa shape index (κ1) is 17.6. The van der Waals surface area contributed by atoms with Gasteiger partial charge in [0.2, 0.25) is 0 Å². The molecule has 6 nitrogen and oxygen atoms in total. The molecule has 0 amide bonds. The van der Waals surface area contributed by atoms with Gasteiger partial charge in [0.15, 0.2) is 0 Å². The predicted octanol–water partition coefficient (Wildman–Crippen LogP) is 4.08. The summed E-state index contributed by atoms with van der Waals surface area (Å²) in [6.07, 6.45) is 2.53. The lowest BCUT2D eigenvalue weighted by Crippen LogP contribution is -2.25. The molecule has 2 aromatic heterocycles. The number of anilines is 1. The van der Waals surface area contributed by atoms with Gasteiger partial charge in [0.25, 0.3) is 5.71 Å². The van der Waals surface area contributed by atoms with E-state index in [1.807, 2.05) is 24.3 Å². The third kappa shape index (κ3) is 4.08. The van der Waals surface area contributed by atoms with E-state index < -0.39 is 0 Å². The number of hydrogen-bond donors (Lipinski definition) is 1. The maximum Gasteiger partial charge on any atom is 0.263 e. The van der Waals surface area contributed by atoms with Crippen molar-refractivity contribution < 1.29 is 4.52 Å². The molecule has 132 valence electrons. The van der Waals surface area contributed by atoms with Gasteiger partial charge in [-0.15, -0.1) is 0 Å². The third-order valence-corrected chi connectivity index (χ3v) is 4.48. The number of halogens is 1. The predicted molar refractivity (Wildman–Crippen MR) is 101 cm³/mol. The number of nitrogens with one attached hydrogen (secondary N) is 1. The molecule has 0 aliphatic carbocycles. The van der Waals surface area contributed by atoms with E-state index in [4.69, 9.17) is 16.1 Å². The Labute approximate surface area is 152 Å². The van der Waals surface area contributed by atoms with Crippen molar-refractivity contribution in [2.45, 2.75) is 20.3 Å². The van der Waals surface area contributed by atoms with Crippen molar-refractivity contribution in [1.29, 1.82) is 0 Å². The van der Waals surface area contributed by atoms with Crippen molar-refractivity contribution in [3.8, 4) is 11.3 Å². The van der Waals surface area contributed by atoms with Gasteiger partial charge in [-0.1, -0.05) is 42.7 Å². The van der Waals surface area contributed by atoms with Crippen LogP contribution >= 0.6 is 11.6 Å². The van der Waals surface area contributed by atoms with Crippen LogP contribution in [0.4, 0.5) is 5.82 Å². The minimum atomic E-state index is 0.478. The fraction of sp³-hybridized carbons (Fsp3) is 0.389. The summed E-state index contributed by atoms with van der Waals surface area (Å²) in [5.74, 6) is 0.746. The minimum absolute atomic E-state index is 0.478. The fourth-order valence-electron chi connectivity index (χ4n) is 2.77. The zero-order valence-electron chi connectivity index (χ0n) is 14.5. The zero-order valence-corrected chi connectivity index (χ0v) is 15.3. The zero-order chi connectivity index (χ0) is 17.6. The summed E-state index contributed by atoms with van der Waals surface area (Å²) < 4.78 is 5.37. The molecule has 0 radical (unpaired) electrons. The van der Waals surface area contributed by atoms with Crippen LogP contribution in [0.2, 0.25) is 5.02 Å². The van der Waals surface area contributed by atoms with Crippen LogP contribution in [-0.4, -0.2) is 46.2 Å². The maximum atomic E-state index is 5.97. The molecule has 3 rings (SSSR count). The van der Waals surface area contributed by atoms with Crippen LogP contribution < -0.4 is 5.32 Å². The number of aromatic nitrogens is 3. The van der Waals surface area contributed by atoms with E-state index in [-0.39, 0.29) is 0 Å². The summed E-state index contributed by atoms with van der Waals surface area (Å²) in [5.41, 5.74) is 2.12. The van der Waals surface area contributed by atoms with Gasteiger partial charge in [0.1, 0.15) is 23.2 Å².